The standard InChI is InChI=1S/C16H21FN4O2/c1-16(2,3)21-9-13(8-19-21)20-15(23)18-7-11-4-5-14(17)12(6-11)10-22/h4-6,8-9,22H,7,10H2,1-3H3,(H2,18,20,23). The molecule has 0 aliphatic heterocycles. The molecule has 6 nitrogen and oxygen atoms in total. The molecule has 1 aromatic carbocycles. The summed E-state index contributed by atoms with van der Waals surface area (Å²) in [5.41, 5.74) is 1.34. The van der Waals surface area contributed by atoms with Crippen molar-refractivity contribution in [1.29, 1.82) is 0 Å². The third-order valence-corrected chi connectivity index (χ3v) is 3.26. The molecule has 0 unspecified atom stereocenters. The minimum absolute atomic E-state index is 0.161. The fourth-order valence-electron chi connectivity index (χ4n) is 1.97. The number of urea groups is 1. The predicted molar refractivity (Wildman–Crippen MR) is 85.4 cm³/mol. The van der Waals surface area contributed by atoms with Crippen LogP contribution in [0.5, 0.6) is 0 Å². The number of rotatable bonds is 4. The van der Waals surface area contributed by atoms with E-state index in [-0.39, 0.29) is 30.3 Å². The minimum atomic E-state index is -0.463. The van der Waals surface area contributed by atoms with Crippen LogP contribution in [0.25, 0.3) is 0 Å². The number of amides is 2. The highest BCUT2D eigenvalue weighted by Crippen LogP contribution is 2.15. The molecule has 7 heteroatoms. The van der Waals surface area contributed by atoms with Gasteiger partial charge in [-0.1, -0.05) is 6.07 Å². The molecular formula is C16H21FN4O2. The number of halogens is 1. The van der Waals surface area contributed by atoms with Gasteiger partial charge in [0.25, 0.3) is 0 Å². The maximum absolute atomic E-state index is 13.3. The predicted octanol–water partition coefficient (Wildman–Crippen LogP) is 2.59. The van der Waals surface area contributed by atoms with Crippen LogP contribution < -0.4 is 10.6 Å². The van der Waals surface area contributed by atoms with Crippen LogP contribution in [0.1, 0.15) is 31.9 Å². The first kappa shape index (κ1) is 17.0. The fraction of sp³-hybridized carbons (Fsp3) is 0.375. The molecule has 23 heavy (non-hydrogen) atoms. The van der Waals surface area contributed by atoms with Gasteiger partial charge in [0.05, 0.1) is 24.0 Å². The topological polar surface area (TPSA) is 79.2 Å². The maximum Gasteiger partial charge on any atom is 0.319 e. The van der Waals surface area contributed by atoms with Crippen molar-refractivity contribution in [3.8, 4) is 0 Å². The smallest absolute Gasteiger partial charge is 0.319 e. The molecule has 124 valence electrons. The summed E-state index contributed by atoms with van der Waals surface area (Å²) in [7, 11) is 0. The van der Waals surface area contributed by atoms with E-state index >= 15 is 0 Å². The van der Waals surface area contributed by atoms with Gasteiger partial charge >= 0.3 is 6.03 Å². The zero-order chi connectivity index (χ0) is 17.0. The second-order valence-electron chi connectivity index (χ2n) is 6.24. The minimum Gasteiger partial charge on any atom is -0.392 e. The average molecular weight is 320 g/mol. The summed E-state index contributed by atoms with van der Waals surface area (Å²) in [6.07, 6.45) is 3.33. The van der Waals surface area contributed by atoms with E-state index in [0.717, 1.165) is 0 Å². The molecule has 0 saturated heterocycles. The van der Waals surface area contributed by atoms with E-state index in [4.69, 9.17) is 5.11 Å². The van der Waals surface area contributed by atoms with E-state index in [2.05, 4.69) is 15.7 Å². The van der Waals surface area contributed by atoms with Gasteiger partial charge in [-0.25, -0.2) is 9.18 Å². The first-order valence-corrected chi connectivity index (χ1v) is 7.28. The molecule has 1 aromatic heterocycles. The summed E-state index contributed by atoms with van der Waals surface area (Å²) < 4.78 is 15.0. The Hall–Kier alpha value is -2.41. The Morgan fingerprint density at radius 2 is 2.13 bits per heavy atom. The fourth-order valence-corrected chi connectivity index (χ4v) is 1.97. The third-order valence-electron chi connectivity index (χ3n) is 3.26. The molecule has 0 radical (unpaired) electrons. The zero-order valence-electron chi connectivity index (χ0n) is 13.4. The van der Waals surface area contributed by atoms with Crippen molar-refractivity contribution in [2.45, 2.75) is 39.5 Å². The number of carbonyl (C=O) groups excluding carboxylic acids is 1. The Balaban J connectivity index is 1.91. The Bertz CT molecular complexity index is 692. The lowest BCUT2D eigenvalue weighted by molar-refractivity contribution is 0.251. The third kappa shape index (κ3) is 4.53. The second-order valence-corrected chi connectivity index (χ2v) is 6.24. The summed E-state index contributed by atoms with van der Waals surface area (Å²) in [6.45, 7) is 5.88. The lowest BCUT2D eigenvalue weighted by Gasteiger charge is -2.18. The molecule has 0 saturated carbocycles. The van der Waals surface area contributed by atoms with Crippen molar-refractivity contribution in [3.63, 3.8) is 0 Å². The molecule has 3 N–H and O–H groups in total. The van der Waals surface area contributed by atoms with Gasteiger partial charge in [0.15, 0.2) is 0 Å². The Kier molecular flexibility index (Phi) is 5.00. The number of anilines is 1. The molecule has 0 bridgehead atoms. The molecule has 2 amide bonds. The van der Waals surface area contributed by atoms with E-state index in [9.17, 15) is 9.18 Å². The van der Waals surface area contributed by atoms with Gasteiger partial charge in [0.2, 0.25) is 0 Å². The zero-order valence-corrected chi connectivity index (χ0v) is 13.4. The van der Waals surface area contributed by atoms with E-state index < -0.39 is 5.82 Å². The number of benzene rings is 1. The lowest BCUT2D eigenvalue weighted by Crippen LogP contribution is -2.28. The molecule has 1 heterocycles. The number of hydrogen-bond acceptors (Lipinski definition) is 3. The molecule has 2 rings (SSSR count). The van der Waals surface area contributed by atoms with Gasteiger partial charge in [-0.2, -0.15) is 5.10 Å². The normalized spacial score (nSPS) is 11.3. The van der Waals surface area contributed by atoms with Crippen molar-refractivity contribution in [2.75, 3.05) is 5.32 Å². The second kappa shape index (κ2) is 6.78. The van der Waals surface area contributed by atoms with Crippen molar-refractivity contribution in [3.05, 3.63) is 47.5 Å². The van der Waals surface area contributed by atoms with Crippen LogP contribution in [0.2, 0.25) is 0 Å². The monoisotopic (exact) mass is 320 g/mol. The van der Waals surface area contributed by atoms with Crippen LogP contribution in [0, 0.1) is 5.82 Å². The van der Waals surface area contributed by atoms with E-state index in [1.54, 1.807) is 23.1 Å². The van der Waals surface area contributed by atoms with E-state index in [1.807, 2.05) is 20.8 Å². The Morgan fingerprint density at radius 1 is 1.39 bits per heavy atom. The molecule has 2 aromatic rings. The highest BCUT2D eigenvalue weighted by atomic mass is 19.1. The van der Waals surface area contributed by atoms with Crippen LogP contribution >= 0.6 is 0 Å². The Morgan fingerprint density at radius 3 is 2.74 bits per heavy atom. The number of aliphatic hydroxyl groups excluding tert-OH is 1. The van der Waals surface area contributed by atoms with Crippen molar-refractivity contribution >= 4 is 11.7 Å². The van der Waals surface area contributed by atoms with Crippen LogP contribution in [0.3, 0.4) is 0 Å². The summed E-state index contributed by atoms with van der Waals surface area (Å²) in [5.74, 6) is -0.463. The van der Waals surface area contributed by atoms with Crippen LogP contribution in [-0.2, 0) is 18.7 Å². The SMILES string of the molecule is CC(C)(C)n1cc(NC(=O)NCc2ccc(F)c(CO)c2)cn1. The molecule has 0 aliphatic rings. The molecule has 0 spiro atoms. The number of aromatic nitrogens is 2. The summed E-state index contributed by atoms with van der Waals surface area (Å²) in [5, 5.41) is 18.6. The maximum atomic E-state index is 13.3. The van der Waals surface area contributed by atoms with Crippen LogP contribution in [0.15, 0.2) is 30.6 Å². The van der Waals surface area contributed by atoms with Crippen LogP contribution in [0.4, 0.5) is 14.9 Å². The van der Waals surface area contributed by atoms with Gasteiger partial charge in [-0.15, -0.1) is 0 Å². The van der Waals surface area contributed by atoms with E-state index in [0.29, 0.717) is 11.3 Å². The van der Waals surface area contributed by atoms with Crippen molar-refractivity contribution in [1.82, 2.24) is 15.1 Å². The number of aliphatic hydroxyl groups is 1. The average Bonchev–Trinajstić information content (AvgIpc) is 2.95. The van der Waals surface area contributed by atoms with Gasteiger partial charge < -0.3 is 15.7 Å². The number of carbonyl (C=O) groups is 1. The first-order chi connectivity index (χ1) is 10.8. The van der Waals surface area contributed by atoms with Crippen molar-refractivity contribution < 1.29 is 14.3 Å². The highest BCUT2D eigenvalue weighted by molar-refractivity contribution is 5.88. The lowest BCUT2D eigenvalue weighted by atomic mass is 10.1. The molecular weight excluding hydrogens is 299 g/mol. The summed E-state index contributed by atoms with van der Waals surface area (Å²) in [6, 6.07) is 3.97. The van der Waals surface area contributed by atoms with Gasteiger partial charge in [0.1, 0.15) is 5.82 Å². The largest absolute Gasteiger partial charge is 0.392 e. The molecule has 0 aliphatic carbocycles. The number of nitrogens with one attached hydrogen (secondary N) is 2. The van der Waals surface area contributed by atoms with Crippen LogP contribution in [-0.4, -0.2) is 20.9 Å². The number of nitrogens with zero attached hydrogens (tertiary/aromatic N) is 2. The Labute approximate surface area is 134 Å². The quantitative estimate of drug-likeness (QED) is 0.810. The highest BCUT2D eigenvalue weighted by Gasteiger charge is 2.14. The van der Waals surface area contributed by atoms with Gasteiger partial charge in [-0.3, -0.25) is 4.68 Å². The molecule has 0 atom stereocenters. The van der Waals surface area contributed by atoms with E-state index in [1.165, 1.54) is 12.1 Å². The molecule has 0 fully saturated rings. The van der Waals surface area contributed by atoms with Crippen molar-refractivity contribution in [2.24, 2.45) is 0 Å². The summed E-state index contributed by atoms with van der Waals surface area (Å²) in [4.78, 5) is 11.9. The van der Waals surface area contributed by atoms with Gasteiger partial charge in [0, 0.05) is 18.3 Å². The van der Waals surface area contributed by atoms with Gasteiger partial charge in [-0.05, 0) is 38.5 Å². The number of hydrogen-bond donors (Lipinski definition) is 3. The summed E-state index contributed by atoms with van der Waals surface area (Å²) >= 11 is 0. The first-order valence-electron chi connectivity index (χ1n) is 7.28.